The minimum Gasteiger partial charge on any atom is -0.508 e. The number of hydrazine groups is 1. The third-order valence-electron chi connectivity index (χ3n) is 1.92. The van der Waals surface area contributed by atoms with Crippen LogP contribution in [0.15, 0.2) is 23.3 Å². The summed E-state index contributed by atoms with van der Waals surface area (Å²) in [4.78, 5) is 0. The van der Waals surface area contributed by atoms with Crippen LogP contribution >= 0.6 is 0 Å². The van der Waals surface area contributed by atoms with E-state index in [1.807, 2.05) is 0 Å². The van der Waals surface area contributed by atoms with Gasteiger partial charge < -0.3 is 10.2 Å². The molecular formula is C9H11N3O2. The maximum absolute atomic E-state index is 9.44. The number of phenols is 2. The fourth-order valence-corrected chi connectivity index (χ4v) is 1.23. The van der Waals surface area contributed by atoms with Crippen molar-refractivity contribution in [1.82, 2.24) is 5.12 Å². The Kier molecular flexibility index (Phi) is 2.14. The lowest BCUT2D eigenvalue weighted by molar-refractivity contribution is 0.379. The highest BCUT2D eigenvalue weighted by atomic mass is 16.3. The molecule has 1 heterocycles. The number of phenolic OH excluding ortho intramolecular Hbond substituents is 2. The second-order valence-electron chi connectivity index (χ2n) is 3.02. The molecule has 0 aliphatic carbocycles. The summed E-state index contributed by atoms with van der Waals surface area (Å²) in [6.07, 6.45) is 2.67. The average molecular weight is 193 g/mol. The molecule has 0 saturated heterocycles. The molecule has 1 aliphatic heterocycles. The van der Waals surface area contributed by atoms with Crippen LogP contribution in [0, 0.1) is 0 Å². The van der Waals surface area contributed by atoms with Crippen molar-refractivity contribution in [3.05, 3.63) is 18.2 Å². The fourth-order valence-electron chi connectivity index (χ4n) is 1.23. The molecule has 0 spiro atoms. The Morgan fingerprint density at radius 2 is 2.21 bits per heavy atom. The van der Waals surface area contributed by atoms with Gasteiger partial charge in [-0.1, -0.05) is 0 Å². The lowest BCUT2D eigenvalue weighted by Gasteiger charge is -2.17. The van der Waals surface area contributed by atoms with Crippen molar-refractivity contribution in [2.75, 3.05) is 12.0 Å². The van der Waals surface area contributed by atoms with Crippen LogP contribution in [0.5, 0.6) is 11.5 Å². The maximum atomic E-state index is 9.44. The van der Waals surface area contributed by atoms with Crippen LogP contribution in [0.2, 0.25) is 0 Å². The number of nitrogens with zero attached hydrogens (tertiary/aromatic N) is 2. The van der Waals surface area contributed by atoms with E-state index in [1.54, 1.807) is 11.3 Å². The Labute approximate surface area is 81.3 Å². The first-order chi connectivity index (χ1) is 6.75. The molecular weight excluding hydrogens is 182 g/mol. The molecule has 0 aromatic heterocycles. The van der Waals surface area contributed by atoms with Gasteiger partial charge in [0.05, 0.1) is 6.54 Å². The molecule has 0 radical (unpaired) electrons. The van der Waals surface area contributed by atoms with Crippen LogP contribution in [0.25, 0.3) is 0 Å². The maximum Gasteiger partial charge on any atom is 0.140 e. The predicted octanol–water partition coefficient (Wildman–Crippen LogP) is 1.12. The van der Waals surface area contributed by atoms with Crippen LogP contribution in [0.3, 0.4) is 0 Å². The first kappa shape index (κ1) is 8.68. The highest BCUT2D eigenvalue weighted by Crippen LogP contribution is 2.27. The van der Waals surface area contributed by atoms with Crippen LogP contribution in [-0.4, -0.2) is 28.1 Å². The topological polar surface area (TPSA) is 68.1 Å². The third-order valence-corrected chi connectivity index (χ3v) is 1.92. The van der Waals surface area contributed by atoms with Crippen molar-refractivity contribution in [2.24, 2.45) is 5.10 Å². The van der Waals surface area contributed by atoms with Gasteiger partial charge in [-0.05, 0) is 12.1 Å². The minimum atomic E-state index is 0.0879. The van der Waals surface area contributed by atoms with Crippen molar-refractivity contribution in [1.29, 1.82) is 0 Å². The minimum absolute atomic E-state index is 0.0879. The van der Waals surface area contributed by atoms with E-state index in [4.69, 9.17) is 0 Å². The molecule has 0 fully saturated rings. The highest BCUT2D eigenvalue weighted by Gasteiger charge is 2.08. The second-order valence-corrected chi connectivity index (χ2v) is 3.02. The number of hydrazone groups is 1. The highest BCUT2D eigenvalue weighted by molar-refractivity contribution is 5.61. The van der Waals surface area contributed by atoms with Crippen molar-refractivity contribution >= 4 is 11.9 Å². The second kappa shape index (κ2) is 3.45. The van der Waals surface area contributed by atoms with Gasteiger partial charge in [-0.25, -0.2) is 5.12 Å². The Morgan fingerprint density at radius 1 is 1.36 bits per heavy atom. The smallest absolute Gasteiger partial charge is 0.140 e. The van der Waals surface area contributed by atoms with Crippen LogP contribution in [0.4, 0.5) is 5.69 Å². The van der Waals surface area contributed by atoms with Gasteiger partial charge in [0.15, 0.2) is 0 Å². The van der Waals surface area contributed by atoms with Crippen molar-refractivity contribution in [3.8, 4) is 11.5 Å². The summed E-state index contributed by atoms with van der Waals surface area (Å²) in [6, 6.07) is 4.30. The zero-order valence-corrected chi connectivity index (χ0v) is 7.51. The van der Waals surface area contributed by atoms with Gasteiger partial charge in [0.2, 0.25) is 0 Å². The van der Waals surface area contributed by atoms with Crippen molar-refractivity contribution in [2.45, 2.75) is 6.42 Å². The van der Waals surface area contributed by atoms with E-state index in [1.165, 1.54) is 18.2 Å². The molecule has 0 unspecified atom stereocenters. The molecule has 1 aromatic rings. The van der Waals surface area contributed by atoms with Gasteiger partial charge in [-0.2, -0.15) is 5.10 Å². The standard InChI is InChI=1S/C9H11N3O2/c13-7-2-3-9(14)8(6-7)11-12-5-1-4-10-12/h2-4,6,11,13-14H,1,5H2. The average Bonchev–Trinajstić information content (AvgIpc) is 2.64. The summed E-state index contributed by atoms with van der Waals surface area (Å²) < 4.78 is 0. The number of anilines is 1. The first-order valence-electron chi connectivity index (χ1n) is 4.34. The summed E-state index contributed by atoms with van der Waals surface area (Å²) >= 11 is 0. The largest absolute Gasteiger partial charge is 0.508 e. The summed E-state index contributed by atoms with van der Waals surface area (Å²) in [5.74, 6) is 0.193. The summed E-state index contributed by atoms with van der Waals surface area (Å²) in [5.41, 5.74) is 3.32. The molecule has 3 N–H and O–H groups in total. The molecule has 2 rings (SSSR count). The molecule has 14 heavy (non-hydrogen) atoms. The summed E-state index contributed by atoms with van der Waals surface area (Å²) in [5, 5.41) is 24.3. The van der Waals surface area contributed by atoms with E-state index in [-0.39, 0.29) is 11.5 Å². The van der Waals surface area contributed by atoms with Crippen LogP contribution < -0.4 is 5.43 Å². The fraction of sp³-hybridized carbons (Fsp3) is 0.222. The number of benzene rings is 1. The Balaban J connectivity index is 2.15. The summed E-state index contributed by atoms with van der Waals surface area (Å²) in [7, 11) is 0. The Hall–Kier alpha value is -1.91. The number of nitrogens with one attached hydrogen (secondary N) is 1. The molecule has 0 amide bonds. The Morgan fingerprint density at radius 3 is 2.93 bits per heavy atom. The molecule has 0 bridgehead atoms. The zero-order chi connectivity index (χ0) is 9.97. The molecule has 0 atom stereocenters. The predicted molar refractivity (Wildman–Crippen MR) is 53.2 cm³/mol. The first-order valence-corrected chi connectivity index (χ1v) is 4.34. The van der Waals surface area contributed by atoms with Crippen LogP contribution in [-0.2, 0) is 0 Å². The quantitative estimate of drug-likeness (QED) is 0.486. The number of hydrogen-bond donors (Lipinski definition) is 3. The van der Waals surface area contributed by atoms with E-state index < -0.39 is 0 Å². The van der Waals surface area contributed by atoms with Crippen molar-refractivity contribution < 1.29 is 10.2 Å². The molecule has 1 aliphatic rings. The van der Waals surface area contributed by atoms with E-state index in [9.17, 15) is 10.2 Å². The molecule has 5 nitrogen and oxygen atoms in total. The molecule has 74 valence electrons. The number of aromatic hydroxyl groups is 2. The lowest BCUT2D eigenvalue weighted by Crippen LogP contribution is -2.21. The van der Waals surface area contributed by atoms with E-state index in [0.717, 1.165) is 13.0 Å². The van der Waals surface area contributed by atoms with Gasteiger partial charge in [-0.15, -0.1) is 0 Å². The zero-order valence-electron chi connectivity index (χ0n) is 7.51. The normalized spacial score (nSPS) is 14.7. The van der Waals surface area contributed by atoms with E-state index >= 15 is 0 Å². The van der Waals surface area contributed by atoms with Gasteiger partial charge in [0.1, 0.15) is 17.2 Å². The molecule has 1 aromatic carbocycles. The lowest BCUT2D eigenvalue weighted by atomic mass is 10.3. The van der Waals surface area contributed by atoms with Gasteiger partial charge in [0, 0.05) is 18.7 Å². The van der Waals surface area contributed by atoms with E-state index in [2.05, 4.69) is 10.5 Å². The number of rotatable bonds is 2. The summed E-state index contributed by atoms with van der Waals surface area (Å²) in [6.45, 7) is 0.759. The van der Waals surface area contributed by atoms with Crippen LogP contribution in [0.1, 0.15) is 6.42 Å². The van der Waals surface area contributed by atoms with E-state index in [0.29, 0.717) is 5.69 Å². The van der Waals surface area contributed by atoms with Gasteiger partial charge in [-0.3, -0.25) is 5.43 Å². The molecule has 5 heteroatoms. The van der Waals surface area contributed by atoms with Gasteiger partial charge in [0.25, 0.3) is 0 Å². The van der Waals surface area contributed by atoms with Crippen molar-refractivity contribution in [3.63, 3.8) is 0 Å². The SMILES string of the molecule is Oc1ccc(O)c(NN2CCC=N2)c1. The third kappa shape index (κ3) is 1.71. The monoisotopic (exact) mass is 193 g/mol. The molecule has 0 saturated carbocycles. The van der Waals surface area contributed by atoms with Gasteiger partial charge >= 0.3 is 0 Å². The number of hydrogen-bond acceptors (Lipinski definition) is 5. The Bertz CT molecular complexity index is 365.